The molecule has 1 rings (SSSR count). The van der Waals surface area contributed by atoms with E-state index in [4.69, 9.17) is 9.84 Å². The molecule has 0 bridgehead atoms. The lowest BCUT2D eigenvalue weighted by Gasteiger charge is -2.15. The van der Waals surface area contributed by atoms with Gasteiger partial charge >= 0.3 is 6.16 Å². The summed E-state index contributed by atoms with van der Waals surface area (Å²) in [5.74, 6) is 0.0322. The van der Waals surface area contributed by atoms with Crippen molar-refractivity contribution in [2.75, 3.05) is 6.61 Å². The Hall–Kier alpha value is -1.91. The van der Waals surface area contributed by atoms with Crippen LogP contribution in [0, 0.1) is 0 Å². The summed E-state index contributed by atoms with van der Waals surface area (Å²) in [5.41, 5.74) is 0.871. The van der Waals surface area contributed by atoms with Crippen LogP contribution in [-0.2, 0) is 6.42 Å². The van der Waals surface area contributed by atoms with Crippen molar-refractivity contribution in [3.05, 3.63) is 17.7 Å². The Morgan fingerprint density at radius 1 is 1.00 bits per heavy atom. The van der Waals surface area contributed by atoms with Gasteiger partial charge in [0.05, 0.1) is 6.61 Å². The maximum absolute atomic E-state index is 10.7. The molecule has 0 saturated carbocycles. The van der Waals surface area contributed by atoms with E-state index >= 15 is 0 Å². The highest BCUT2D eigenvalue weighted by molar-refractivity contribution is 5.65. The molecule has 0 saturated heterocycles. The average molecular weight is 338 g/mol. The van der Waals surface area contributed by atoms with Crippen molar-refractivity contribution in [1.29, 1.82) is 0 Å². The second-order valence-corrected chi connectivity index (χ2v) is 5.99. The van der Waals surface area contributed by atoms with E-state index in [2.05, 4.69) is 11.7 Å². The number of aromatic hydroxyl groups is 1. The number of ether oxygens (including phenoxy) is 2. The predicted octanol–water partition coefficient (Wildman–Crippen LogP) is 5.53. The van der Waals surface area contributed by atoms with Crippen molar-refractivity contribution in [2.24, 2.45) is 0 Å². The molecule has 2 N–H and O–H groups in total. The van der Waals surface area contributed by atoms with Gasteiger partial charge in [-0.05, 0) is 24.5 Å². The van der Waals surface area contributed by atoms with Crippen molar-refractivity contribution in [1.82, 2.24) is 0 Å². The normalized spacial score (nSPS) is 10.6. The van der Waals surface area contributed by atoms with Crippen LogP contribution in [0.15, 0.2) is 12.1 Å². The molecular weight excluding hydrogens is 308 g/mol. The van der Waals surface area contributed by atoms with Crippen LogP contribution in [0.1, 0.15) is 70.8 Å². The van der Waals surface area contributed by atoms with Gasteiger partial charge in [0, 0.05) is 0 Å². The number of hydrogen-bond donors (Lipinski definition) is 2. The SMILES string of the molecule is CCCCCCCCCOc1c(CCC)ccc(OC(=O)O)c1O. The number of carbonyl (C=O) groups is 1. The molecule has 5 heteroatoms. The van der Waals surface area contributed by atoms with Crippen LogP contribution in [0.3, 0.4) is 0 Å². The molecule has 0 aliphatic heterocycles. The van der Waals surface area contributed by atoms with Crippen molar-refractivity contribution in [2.45, 2.75) is 71.6 Å². The third-order valence-corrected chi connectivity index (χ3v) is 3.89. The third kappa shape index (κ3) is 7.11. The lowest BCUT2D eigenvalue weighted by molar-refractivity contribution is 0.142. The number of benzene rings is 1. The molecule has 0 aromatic heterocycles. The number of rotatable bonds is 12. The van der Waals surface area contributed by atoms with Gasteiger partial charge in [0.1, 0.15) is 0 Å². The second kappa shape index (κ2) is 11.6. The highest BCUT2D eigenvalue weighted by Crippen LogP contribution is 2.39. The number of unbranched alkanes of at least 4 members (excludes halogenated alkanes) is 6. The predicted molar refractivity (Wildman–Crippen MR) is 94.2 cm³/mol. The van der Waals surface area contributed by atoms with E-state index in [0.717, 1.165) is 31.2 Å². The zero-order chi connectivity index (χ0) is 17.8. The smallest absolute Gasteiger partial charge is 0.502 e. The first-order valence-corrected chi connectivity index (χ1v) is 8.98. The van der Waals surface area contributed by atoms with Crippen LogP contribution in [0.25, 0.3) is 0 Å². The summed E-state index contributed by atoms with van der Waals surface area (Å²) >= 11 is 0. The Balaban J connectivity index is 2.55. The summed E-state index contributed by atoms with van der Waals surface area (Å²) in [7, 11) is 0. The minimum Gasteiger partial charge on any atom is -0.502 e. The fourth-order valence-corrected chi connectivity index (χ4v) is 2.63. The maximum Gasteiger partial charge on any atom is 0.511 e. The molecular formula is C19H30O5. The Bertz CT molecular complexity index is 499. The molecule has 136 valence electrons. The molecule has 0 aliphatic rings. The summed E-state index contributed by atoms with van der Waals surface area (Å²) in [5, 5.41) is 18.9. The molecule has 0 fully saturated rings. The van der Waals surface area contributed by atoms with Crippen molar-refractivity contribution in [3.63, 3.8) is 0 Å². The Kier molecular flexibility index (Phi) is 9.73. The molecule has 0 unspecified atom stereocenters. The fourth-order valence-electron chi connectivity index (χ4n) is 2.63. The van der Waals surface area contributed by atoms with E-state index < -0.39 is 6.16 Å². The van der Waals surface area contributed by atoms with Gasteiger partial charge in [-0.25, -0.2) is 4.79 Å². The monoisotopic (exact) mass is 338 g/mol. The first-order chi connectivity index (χ1) is 11.6. The van der Waals surface area contributed by atoms with Gasteiger partial charge in [-0.2, -0.15) is 0 Å². The quantitative estimate of drug-likeness (QED) is 0.298. The summed E-state index contributed by atoms with van der Waals surface area (Å²) in [6, 6.07) is 3.22. The number of phenolic OH excluding ortho intramolecular Hbond substituents is 1. The zero-order valence-electron chi connectivity index (χ0n) is 14.8. The van der Waals surface area contributed by atoms with Crippen LogP contribution < -0.4 is 9.47 Å². The summed E-state index contributed by atoms with van der Waals surface area (Å²) in [6.45, 7) is 4.75. The summed E-state index contributed by atoms with van der Waals surface area (Å²) in [4.78, 5) is 10.7. The van der Waals surface area contributed by atoms with Crippen molar-refractivity contribution >= 4 is 6.16 Å². The van der Waals surface area contributed by atoms with Gasteiger partial charge in [-0.1, -0.05) is 64.9 Å². The minimum atomic E-state index is -1.45. The van der Waals surface area contributed by atoms with Crippen LogP contribution >= 0.6 is 0 Å². The molecule has 0 radical (unpaired) electrons. The average Bonchev–Trinajstić information content (AvgIpc) is 2.54. The highest BCUT2D eigenvalue weighted by atomic mass is 16.7. The fraction of sp³-hybridized carbons (Fsp3) is 0.632. The number of carboxylic acid groups (broad SMARTS) is 1. The van der Waals surface area contributed by atoms with Gasteiger partial charge in [-0.15, -0.1) is 0 Å². The molecule has 0 heterocycles. The van der Waals surface area contributed by atoms with Gasteiger partial charge in [0.15, 0.2) is 11.5 Å². The van der Waals surface area contributed by atoms with E-state index in [0.29, 0.717) is 12.4 Å². The summed E-state index contributed by atoms with van der Waals surface area (Å²) in [6.07, 6.45) is 8.50. The minimum absolute atomic E-state index is 0.0862. The van der Waals surface area contributed by atoms with Crippen molar-refractivity contribution < 1.29 is 24.5 Å². The topological polar surface area (TPSA) is 76.0 Å². The van der Waals surface area contributed by atoms with Crippen LogP contribution in [0.4, 0.5) is 4.79 Å². The second-order valence-electron chi connectivity index (χ2n) is 5.99. The maximum atomic E-state index is 10.7. The van der Waals surface area contributed by atoms with Crippen LogP contribution in [0.2, 0.25) is 0 Å². The first kappa shape index (κ1) is 20.1. The standard InChI is InChI=1S/C19H30O5/c1-3-5-6-7-8-9-10-14-23-18-15(11-4-2)12-13-16(17(18)20)24-19(21)22/h12-13,20H,3-11,14H2,1-2H3,(H,21,22). The molecule has 0 spiro atoms. The van der Waals surface area contributed by atoms with Gasteiger partial charge < -0.3 is 19.7 Å². The molecule has 5 nitrogen and oxygen atoms in total. The molecule has 0 aliphatic carbocycles. The number of hydrogen-bond acceptors (Lipinski definition) is 4. The molecule has 1 aromatic carbocycles. The Labute approximate surface area is 144 Å². The zero-order valence-corrected chi connectivity index (χ0v) is 14.8. The molecule has 24 heavy (non-hydrogen) atoms. The van der Waals surface area contributed by atoms with Crippen LogP contribution in [-0.4, -0.2) is 23.0 Å². The molecule has 0 amide bonds. The van der Waals surface area contributed by atoms with E-state index in [9.17, 15) is 9.90 Å². The number of aryl methyl sites for hydroxylation is 1. The van der Waals surface area contributed by atoms with Gasteiger partial charge in [0.25, 0.3) is 0 Å². The first-order valence-electron chi connectivity index (χ1n) is 8.98. The van der Waals surface area contributed by atoms with E-state index in [1.54, 1.807) is 6.07 Å². The lowest BCUT2D eigenvalue weighted by Crippen LogP contribution is -2.06. The van der Waals surface area contributed by atoms with Gasteiger partial charge in [-0.3, -0.25) is 0 Å². The van der Waals surface area contributed by atoms with Gasteiger partial charge in [0.2, 0.25) is 5.75 Å². The number of phenols is 1. The Morgan fingerprint density at radius 2 is 1.67 bits per heavy atom. The van der Waals surface area contributed by atoms with Crippen LogP contribution in [0.5, 0.6) is 17.2 Å². The highest BCUT2D eigenvalue weighted by Gasteiger charge is 2.16. The lowest BCUT2D eigenvalue weighted by atomic mass is 10.1. The van der Waals surface area contributed by atoms with Crippen molar-refractivity contribution in [3.8, 4) is 17.2 Å². The largest absolute Gasteiger partial charge is 0.511 e. The Morgan fingerprint density at radius 3 is 2.29 bits per heavy atom. The van der Waals surface area contributed by atoms with E-state index in [1.165, 1.54) is 38.2 Å². The molecule has 0 atom stereocenters. The molecule has 1 aromatic rings. The third-order valence-electron chi connectivity index (χ3n) is 3.89. The van der Waals surface area contributed by atoms with E-state index in [1.807, 2.05) is 6.92 Å². The van der Waals surface area contributed by atoms with E-state index in [-0.39, 0.29) is 11.5 Å². The summed E-state index contributed by atoms with van der Waals surface area (Å²) < 4.78 is 10.3.